The van der Waals surface area contributed by atoms with E-state index in [1.165, 1.54) is 0 Å². The van der Waals surface area contributed by atoms with Gasteiger partial charge in [0, 0.05) is 37.6 Å². The Hall–Kier alpha value is -2.89. The highest BCUT2D eigenvalue weighted by molar-refractivity contribution is 5.91. The summed E-state index contributed by atoms with van der Waals surface area (Å²) < 4.78 is 7.77. The number of piperidine rings is 1. The standard InChI is InChI=1S/C21H24N4O2/c1-15-13-19(27-16(15)2)21(26)24-10-6-17(7-11-24)20-23-9-12-25(20)14-18-5-3-4-8-22-18/h3-5,8-9,12-13,17H,6-7,10-11,14H2,1-2H3. The van der Waals surface area contributed by atoms with Gasteiger partial charge in [0.2, 0.25) is 0 Å². The molecule has 3 aromatic heterocycles. The van der Waals surface area contributed by atoms with Crippen LogP contribution in [-0.4, -0.2) is 38.4 Å². The maximum absolute atomic E-state index is 12.7. The SMILES string of the molecule is Cc1cc(C(=O)N2CCC(c3nccn3Cc3ccccn3)CC2)oc1C. The molecule has 4 heterocycles. The number of furan rings is 1. The van der Waals surface area contributed by atoms with E-state index >= 15 is 0 Å². The molecule has 1 saturated heterocycles. The Morgan fingerprint density at radius 2 is 2.00 bits per heavy atom. The van der Waals surface area contributed by atoms with Gasteiger partial charge in [-0.3, -0.25) is 9.78 Å². The van der Waals surface area contributed by atoms with Crippen molar-refractivity contribution in [1.82, 2.24) is 19.4 Å². The maximum Gasteiger partial charge on any atom is 0.289 e. The lowest BCUT2D eigenvalue weighted by atomic mass is 9.95. The lowest BCUT2D eigenvalue weighted by Gasteiger charge is -2.31. The minimum absolute atomic E-state index is 0.0125. The number of carbonyl (C=O) groups is 1. The van der Waals surface area contributed by atoms with E-state index in [-0.39, 0.29) is 5.91 Å². The Morgan fingerprint density at radius 3 is 2.67 bits per heavy atom. The molecule has 0 N–H and O–H groups in total. The van der Waals surface area contributed by atoms with Crippen molar-refractivity contribution in [2.24, 2.45) is 0 Å². The van der Waals surface area contributed by atoms with E-state index in [9.17, 15) is 4.79 Å². The van der Waals surface area contributed by atoms with Gasteiger partial charge in [0.05, 0.1) is 12.2 Å². The molecule has 140 valence electrons. The first-order valence-electron chi connectivity index (χ1n) is 9.39. The zero-order valence-corrected chi connectivity index (χ0v) is 15.8. The number of likely N-dealkylation sites (tertiary alicyclic amines) is 1. The number of amides is 1. The second-order valence-electron chi connectivity index (χ2n) is 7.15. The fraction of sp³-hybridized carbons (Fsp3) is 0.381. The Labute approximate surface area is 158 Å². The molecule has 1 aliphatic heterocycles. The first kappa shape index (κ1) is 17.5. The molecule has 3 aromatic rings. The van der Waals surface area contributed by atoms with Gasteiger partial charge < -0.3 is 13.9 Å². The summed E-state index contributed by atoms with van der Waals surface area (Å²) in [5, 5.41) is 0. The summed E-state index contributed by atoms with van der Waals surface area (Å²) in [4.78, 5) is 23.6. The number of aromatic nitrogens is 3. The van der Waals surface area contributed by atoms with Crippen LogP contribution in [0.5, 0.6) is 0 Å². The van der Waals surface area contributed by atoms with Crippen LogP contribution in [0.2, 0.25) is 0 Å². The van der Waals surface area contributed by atoms with Crippen molar-refractivity contribution in [3.63, 3.8) is 0 Å². The molecule has 1 aliphatic rings. The molecule has 0 bridgehead atoms. The Kier molecular flexibility index (Phi) is 4.79. The largest absolute Gasteiger partial charge is 0.456 e. The number of carbonyl (C=O) groups excluding carboxylic acids is 1. The third-order valence-corrected chi connectivity index (χ3v) is 5.33. The molecule has 0 radical (unpaired) electrons. The monoisotopic (exact) mass is 364 g/mol. The number of hydrogen-bond donors (Lipinski definition) is 0. The summed E-state index contributed by atoms with van der Waals surface area (Å²) in [5.41, 5.74) is 2.04. The number of hydrogen-bond acceptors (Lipinski definition) is 4. The minimum atomic E-state index is -0.0125. The second kappa shape index (κ2) is 7.39. The molecule has 0 aromatic carbocycles. The van der Waals surface area contributed by atoms with Crippen LogP contribution in [0.25, 0.3) is 0 Å². The molecule has 0 aliphatic carbocycles. The highest BCUT2D eigenvalue weighted by atomic mass is 16.4. The van der Waals surface area contributed by atoms with E-state index in [1.807, 2.05) is 61.6 Å². The van der Waals surface area contributed by atoms with Gasteiger partial charge in [-0.15, -0.1) is 0 Å². The van der Waals surface area contributed by atoms with E-state index in [1.54, 1.807) is 0 Å². The average molecular weight is 364 g/mol. The fourth-order valence-corrected chi connectivity index (χ4v) is 3.66. The molecular weight excluding hydrogens is 340 g/mol. The van der Waals surface area contributed by atoms with Gasteiger partial charge >= 0.3 is 0 Å². The molecule has 27 heavy (non-hydrogen) atoms. The van der Waals surface area contributed by atoms with Crippen molar-refractivity contribution in [2.45, 2.75) is 39.2 Å². The third kappa shape index (κ3) is 3.65. The predicted octanol–water partition coefficient (Wildman–Crippen LogP) is 3.56. The van der Waals surface area contributed by atoms with Crippen molar-refractivity contribution >= 4 is 5.91 Å². The predicted molar refractivity (Wildman–Crippen MR) is 102 cm³/mol. The summed E-state index contributed by atoms with van der Waals surface area (Å²) in [5.74, 6) is 2.68. The maximum atomic E-state index is 12.7. The molecule has 1 amide bonds. The van der Waals surface area contributed by atoms with E-state index in [4.69, 9.17) is 4.42 Å². The highest BCUT2D eigenvalue weighted by Crippen LogP contribution is 2.28. The summed E-state index contributed by atoms with van der Waals surface area (Å²) in [6.07, 6.45) is 7.49. The van der Waals surface area contributed by atoms with Crippen molar-refractivity contribution in [1.29, 1.82) is 0 Å². The smallest absolute Gasteiger partial charge is 0.289 e. The van der Waals surface area contributed by atoms with Crippen molar-refractivity contribution in [3.8, 4) is 0 Å². The zero-order valence-electron chi connectivity index (χ0n) is 15.8. The quantitative estimate of drug-likeness (QED) is 0.710. The lowest BCUT2D eigenvalue weighted by Crippen LogP contribution is -2.38. The van der Waals surface area contributed by atoms with Gasteiger partial charge in [-0.05, 0) is 50.5 Å². The van der Waals surface area contributed by atoms with E-state index in [2.05, 4.69) is 14.5 Å². The van der Waals surface area contributed by atoms with Gasteiger partial charge in [-0.1, -0.05) is 6.07 Å². The Balaban J connectivity index is 1.41. The molecule has 0 unspecified atom stereocenters. The molecule has 0 spiro atoms. The van der Waals surface area contributed by atoms with E-state index in [0.717, 1.165) is 55.3 Å². The van der Waals surface area contributed by atoms with Crippen molar-refractivity contribution in [3.05, 3.63) is 71.5 Å². The Morgan fingerprint density at radius 1 is 1.19 bits per heavy atom. The molecular formula is C21H24N4O2. The zero-order chi connectivity index (χ0) is 18.8. The van der Waals surface area contributed by atoms with Crippen LogP contribution < -0.4 is 0 Å². The highest BCUT2D eigenvalue weighted by Gasteiger charge is 2.28. The summed E-state index contributed by atoms with van der Waals surface area (Å²) in [6.45, 7) is 6.01. The normalized spacial score (nSPS) is 15.3. The number of aryl methyl sites for hydroxylation is 2. The van der Waals surface area contributed by atoms with Gasteiger partial charge in [-0.2, -0.15) is 0 Å². The first-order valence-corrected chi connectivity index (χ1v) is 9.39. The number of imidazole rings is 1. The number of pyridine rings is 1. The third-order valence-electron chi connectivity index (χ3n) is 5.33. The molecule has 1 fully saturated rings. The van der Waals surface area contributed by atoms with Gasteiger partial charge in [0.15, 0.2) is 5.76 Å². The molecule has 6 nitrogen and oxygen atoms in total. The van der Waals surface area contributed by atoms with Crippen molar-refractivity contribution in [2.75, 3.05) is 13.1 Å². The van der Waals surface area contributed by atoms with Crippen LogP contribution in [-0.2, 0) is 6.54 Å². The van der Waals surface area contributed by atoms with Gasteiger partial charge in [-0.25, -0.2) is 4.98 Å². The van der Waals surface area contributed by atoms with Crippen LogP contribution in [0.1, 0.15) is 52.2 Å². The Bertz CT molecular complexity index is 901. The van der Waals surface area contributed by atoms with E-state index < -0.39 is 0 Å². The van der Waals surface area contributed by atoms with Crippen LogP contribution in [0, 0.1) is 13.8 Å². The van der Waals surface area contributed by atoms with Crippen LogP contribution in [0.4, 0.5) is 0 Å². The topological polar surface area (TPSA) is 64.2 Å². The number of nitrogens with zero attached hydrogens (tertiary/aromatic N) is 4. The first-order chi connectivity index (χ1) is 13.1. The molecule has 6 heteroatoms. The van der Waals surface area contributed by atoms with Crippen LogP contribution in [0.15, 0.2) is 47.3 Å². The summed E-state index contributed by atoms with van der Waals surface area (Å²) in [6, 6.07) is 7.79. The summed E-state index contributed by atoms with van der Waals surface area (Å²) in [7, 11) is 0. The molecule has 4 rings (SSSR count). The van der Waals surface area contributed by atoms with Gasteiger partial charge in [0.1, 0.15) is 11.6 Å². The molecule has 0 atom stereocenters. The van der Waals surface area contributed by atoms with Crippen LogP contribution in [0.3, 0.4) is 0 Å². The van der Waals surface area contributed by atoms with Gasteiger partial charge in [0.25, 0.3) is 5.91 Å². The lowest BCUT2D eigenvalue weighted by molar-refractivity contribution is 0.0677. The van der Waals surface area contributed by atoms with E-state index in [0.29, 0.717) is 11.7 Å². The fourth-order valence-electron chi connectivity index (χ4n) is 3.66. The minimum Gasteiger partial charge on any atom is -0.456 e. The average Bonchev–Trinajstić information content (AvgIpc) is 3.29. The summed E-state index contributed by atoms with van der Waals surface area (Å²) >= 11 is 0. The van der Waals surface area contributed by atoms with Crippen LogP contribution >= 0.6 is 0 Å². The van der Waals surface area contributed by atoms with Crippen molar-refractivity contribution < 1.29 is 9.21 Å². The second-order valence-corrected chi connectivity index (χ2v) is 7.15. The number of rotatable bonds is 4. The molecule has 0 saturated carbocycles.